The van der Waals surface area contributed by atoms with Crippen LogP contribution in [-0.4, -0.2) is 17.1 Å². The van der Waals surface area contributed by atoms with Crippen molar-refractivity contribution in [3.05, 3.63) is 29.8 Å². The number of alkyl halides is 1. The van der Waals surface area contributed by atoms with Crippen LogP contribution >= 0.6 is 22.6 Å². The summed E-state index contributed by atoms with van der Waals surface area (Å²) in [5.41, 5.74) is 1.09. The van der Waals surface area contributed by atoms with Crippen molar-refractivity contribution in [3.63, 3.8) is 0 Å². The minimum atomic E-state index is -3.19. The Labute approximate surface area is 123 Å². The number of aryl methyl sites for hydroxylation is 1. The maximum atomic E-state index is 12.7. The molecule has 1 aliphatic carbocycles. The molecule has 100 valence electrons. The summed E-state index contributed by atoms with van der Waals surface area (Å²) in [5, 5.41) is -0.248. The Morgan fingerprint density at radius 1 is 1.22 bits per heavy atom. The van der Waals surface area contributed by atoms with E-state index >= 15 is 0 Å². The van der Waals surface area contributed by atoms with Crippen molar-refractivity contribution >= 4 is 32.4 Å². The molecule has 1 aliphatic rings. The molecule has 0 N–H and O–H groups in total. The quantitative estimate of drug-likeness (QED) is 0.578. The SMILES string of the molecule is Cc1ccc(S(=O)(=O)[C@@H]2CCCC[C@@]2(C)I)cc1. The van der Waals surface area contributed by atoms with Crippen molar-refractivity contribution in [2.75, 3.05) is 0 Å². The van der Waals surface area contributed by atoms with Crippen LogP contribution in [0.4, 0.5) is 0 Å². The predicted octanol–water partition coefficient (Wildman–Crippen LogP) is 3.91. The summed E-state index contributed by atoms with van der Waals surface area (Å²) in [5.74, 6) is 0. The summed E-state index contributed by atoms with van der Waals surface area (Å²) in [4.78, 5) is 0.475. The summed E-state index contributed by atoms with van der Waals surface area (Å²) in [6.45, 7) is 4.04. The highest BCUT2D eigenvalue weighted by molar-refractivity contribution is 14.1. The van der Waals surface area contributed by atoms with Crippen LogP contribution in [0.1, 0.15) is 38.2 Å². The number of rotatable bonds is 2. The summed E-state index contributed by atoms with van der Waals surface area (Å²) in [6, 6.07) is 7.23. The van der Waals surface area contributed by atoms with Crippen LogP contribution in [0.25, 0.3) is 0 Å². The molecular weight excluding hydrogens is 359 g/mol. The van der Waals surface area contributed by atoms with Gasteiger partial charge >= 0.3 is 0 Å². The first-order valence-electron chi connectivity index (χ1n) is 6.33. The molecule has 2 rings (SSSR count). The van der Waals surface area contributed by atoms with Crippen LogP contribution in [0, 0.1) is 6.92 Å². The molecule has 2 nitrogen and oxygen atoms in total. The van der Waals surface area contributed by atoms with E-state index < -0.39 is 9.84 Å². The van der Waals surface area contributed by atoms with Crippen LogP contribution in [-0.2, 0) is 9.84 Å². The molecule has 2 atom stereocenters. The number of hydrogen-bond donors (Lipinski definition) is 0. The molecule has 18 heavy (non-hydrogen) atoms. The molecule has 1 aromatic rings. The minimum absolute atomic E-state index is 0.139. The lowest BCUT2D eigenvalue weighted by Gasteiger charge is -2.36. The summed E-state index contributed by atoms with van der Waals surface area (Å²) < 4.78 is 25.3. The van der Waals surface area contributed by atoms with E-state index in [1.807, 2.05) is 19.1 Å². The van der Waals surface area contributed by atoms with Gasteiger partial charge in [0.25, 0.3) is 0 Å². The monoisotopic (exact) mass is 378 g/mol. The van der Waals surface area contributed by atoms with Gasteiger partial charge in [0.1, 0.15) is 0 Å². The molecule has 0 heterocycles. The Hall–Kier alpha value is -0.100. The number of sulfone groups is 1. The molecule has 0 aliphatic heterocycles. The first kappa shape index (κ1) is 14.3. The third kappa shape index (κ3) is 2.74. The van der Waals surface area contributed by atoms with Crippen molar-refractivity contribution in [1.82, 2.24) is 0 Å². The Balaban J connectivity index is 2.38. The molecule has 1 saturated carbocycles. The van der Waals surface area contributed by atoms with Crippen molar-refractivity contribution < 1.29 is 8.42 Å². The van der Waals surface area contributed by atoms with E-state index in [0.29, 0.717) is 4.90 Å². The van der Waals surface area contributed by atoms with E-state index in [1.165, 1.54) is 0 Å². The van der Waals surface area contributed by atoms with Gasteiger partial charge in [0.15, 0.2) is 9.84 Å². The molecule has 0 radical (unpaired) electrons. The van der Waals surface area contributed by atoms with Gasteiger partial charge in [-0.15, -0.1) is 0 Å². The standard InChI is InChI=1S/C14H19IO2S/c1-11-6-8-12(9-7-11)18(16,17)13-5-3-4-10-14(13,2)15/h6-9,13H,3-5,10H2,1-2H3/t13-,14-/m1/s1. The Morgan fingerprint density at radius 3 is 2.39 bits per heavy atom. The lowest BCUT2D eigenvalue weighted by Crippen LogP contribution is -2.42. The number of hydrogen-bond acceptors (Lipinski definition) is 2. The summed E-state index contributed by atoms with van der Waals surface area (Å²) in [6.07, 6.45) is 3.94. The van der Waals surface area contributed by atoms with Crippen LogP contribution in [0.2, 0.25) is 0 Å². The number of benzene rings is 1. The van der Waals surface area contributed by atoms with E-state index in [0.717, 1.165) is 31.2 Å². The highest BCUT2D eigenvalue weighted by Gasteiger charge is 2.43. The fourth-order valence-corrected chi connectivity index (χ4v) is 6.42. The van der Waals surface area contributed by atoms with E-state index in [1.54, 1.807) is 12.1 Å². The first-order valence-corrected chi connectivity index (χ1v) is 8.96. The lowest BCUT2D eigenvalue weighted by molar-refractivity contribution is 0.430. The lowest BCUT2D eigenvalue weighted by atomic mass is 9.90. The van der Waals surface area contributed by atoms with Crippen LogP contribution < -0.4 is 0 Å². The van der Waals surface area contributed by atoms with Gasteiger partial charge in [0.05, 0.1) is 10.1 Å². The van der Waals surface area contributed by atoms with Gasteiger partial charge < -0.3 is 0 Å². The van der Waals surface area contributed by atoms with E-state index in [-0.39, 0.29) is 8.67 Å². The van der Waals surface area contributed by atoms with Gasteiger partial charge in [-0.2, -0.15) is 0 Å². The molecule has 1 fully saturated rings. The van der Waals surface area contributed by atoms with Crippen LogP contribution in [0.15, 0.2) is 29.2 Å². The Kier molecular flexibility index (Phi) is 4.07. The average Bonchev–Trinajstić information content (AvgIpc) is 2.28. The summed E-state index contributed by atoms with van der Waals surface area (Å²) in [7, 11) is -3.19. The molecule has 4 heteroatoms. The topological polar surface area (TPSA) is 34.1 Å². The fourth-order valence-electron chi connectivity index (χ4n) is 2.63. The van der Waals surface area contributed by atoms with Crippen molar-refractivity contribution in [2.45, 2.75) is 53.1 Å². The van der Waals surface area contributed by atoms with Crippen molar-refractivity contribution in [1.29, 1.82) is 0 Å². The highest BCUT2D eigenvalue weighted by Crippen LogP contribution is 2.42. The van der Waals surface area contributed by atoms with Crippen LogP contribution in [0.3, 0.4) is 0 Å². The molecule has 0 aromatic heterocycles. The van der Waals surface area contributed by atoms with Crippen molar-refractivity contribution in [2.24, 2.45) is 0 Å². The maximum Gasteiger partial charge on any atom is 0.182 e. The molecule has 0 spiro atoms. The third-order valence-corrected chi connectivity index (χ3v) is 7.93. The molecule has 0 saturated heterocycles. The number of halogens is 1. The summed E-state index contributed by atoms with van der Waals surface area (Å²) >= 11 is 2.33. The smallest absolute Gasteiger partial charge is 0.182 e. The molecule has 0 amide bonds. The normalized spacial score (nSPS) is 29.2. The maximum absolute atomic E-state index is 12.7. The zero-order chi connectivity index (χ0) is 13.4. The zero-order valence-electron chi connectivity index (χ0n) is 10.8. The third-order valence-electron chi connectivity index (χ3n) is 3.78. The van der Waals surface area contributed by atoms with E-state index in [4.69, 9.17) is 0 Å². The minimum Gasteiger partial charge on any atom is -0.223 e. The molecular formula is C14H19IO2S. The Bertz CT molecular complexity index is 517. The zero-order valence-corrected chi connectivity index (χ0v) is 13.8. The van der Waals surface area contributed by atoms with Gasteiger partial charge in [-0.25, -0.2) is 8.42 Å². The second kappa shape index (κ2) is 5.12. The van der Waals surface area contributed by atoms with Gasteiger partial charge in [-0.05, 0) is 38.8 Å². The highest BCUT2D eigenvalue weighted by atomic mass is 127. The second-order valence-corrected chi connectivity index (χ2v) is 9.97. The fraction of sp³-hybridized carbons (Fsp3) is 0.571. The molecule has 1 aromatic carbocycles. The largest absolute Gasteiger partial charge is 0.223 e. The first-order chi connectivity index (χ1) is 8.34. The van der Waals surface area contributed by atoms with Gasteiger partial charge in [0, 0.05) is 3.42 Å². The average molecular weight is 378 g/mol. The second-order valence-electron chi connectivity index (χ2n) is 5.37. The van der Waals surface area contributed by atoms with Crippen LogP contribution in [0.5, 0.6) is 0 Å². The Morgan fingerprint density at radius 2 is 1.83 bits per heavy atom. The molecule has 0 unspecified atom stereocenters. The predicted molar refractivity (Wildman–Crippen MR) is 83.0 cm³/mol. The van der Waals surface area contributed by atoms with Gasteiger partial charge in [0.2, 0.25) is 0 Å². The van der Waals surface area contributed by atoms with E-state index in [9.17, 15) is 8.42 Å². The van der Waals surface area contributed by atoms with Crippen molar-refractivity contribution in [3.8, 4) is 0 Å². The molecule has 0 bridgehead atoms. The van der Waals surface area contributed by atoms with E-state index in [2.05, 4.69) is 29.5 Å². The van der Waals surface area contributed by atoms with Gasteiger partial charge in [-0.3, -0.25) is 0 Å². The van der Waals surface area contributed by atoms with Gasteiger partial charge in [-0.1, -0.05) is 53.1 Å².